The van der Waals surface area contributed by atoms with Gasteiger partial charge >= 0.3 is 6.03 Å². The van der Waals surface area contributed by atoms with Gasteiger partial charge in [-0.25, -0.2) is 4.79 Å². The second kappa shape index (κ2) is 11.6. The summed E-state index contributed by atoms with van der Waals surface area (Å²) in [6.07, 6.45) is 0.569. The van der Waals surface area contributed by atoms with Gasteiger partial charge in [-0.1, -0.05) is 38.3 Å². The van der Waals surface area contributed by atoms with E-state index in [9.17, 15) is 9.90 Å². The van der Waals surface area contributed by atoms with Crippen LogP contribution < -0.4 is 15.4 Å². The first kappa shape index (κ1) is 23.7. The summed E-state index contributed by atoms with van der Waals surface area (Å²) in [7, 11) is 3.07. The van der Waals surface area contributed by atoms with Crippen molar-refractivity contribution in [3.05, 3.63) is 29.8 Å². The molecule has 0 spiro atoms. The average molecular weight is 439 g/mol. The summed E-state index contributed by atoms with van der Waals surface area (Å²) < 4.78 is 28.3. The Bertz CT molecular complexity index is 687. The molecular weight excluding hydrogens is 404 g/mol. The third-order valence-electron chi connectivity index (χ3n) is 5.60. The molecule has 9 nitrogen and oxygen atoms in total. The molecular formula is C22H34N2O7. The predicted octanol–water partition coefficient (Wildman–Crippen LogP) is 2.09. The molecule has 2 heterocycles. The highest BCUT2D eigenvalue weighted by molar-refractivity contribution is 5.74. The number of unbranched alkanes of at least 4 members (excludes halogenated alkanes) is 3. The van der Waals surface area contributed by atoms with Gasteiger partial charge in [0, 0.05) is 19.2 Å². The van der Waals surface area contributed by atoms with E-state index in [2.05, 4.69) is 17.6 Å². The van der Waals surface area contributed by atoms with E-state index in [1.165, 1.54) is 7.11 Å². The van der Waals surface area contributed by atoms with E-state index >= 15 is 0 Å². The van der Waals surface area contributed by atoms with Crippen molar-refractivity contribution in [2.75, 3.05) is 27.4 Å². The van der Waals surface area contributed by atoms with E-state index in [-0.39, 0.29) is 12.6 Å². The van der Waals surface area contributed by atoms with Crippen LogP contribution in [0, 0.1) is 0 Å². The van der Waals surface area contributed by atoms with Gasteiger partial charge in [0.05, 0.1) is 13.7 Å². The minimum Gasteiger partial charge on any atom is -0.497 e. The number of hydrogen-bond acceptors (Lipinski definition) is 7. The third-order valence-corrected chi connectivity index (χ3v) is 5.60. The first-order valence-corrected chi connectivity index (χ1v) is 10.9. The number of ether oxygens (including phenoxy) is 5. The Morgan fingerprint density at radius 1 is 1.16 bits per heavy atom. The van der Waals surface area contributed by atoms with Crippen LogP contribution in [0.5, 0.6) is 5.75 Å². The Morgan fingerprint density at radius 3 is 2.61 bits per heavy atom. The summed E-state index contributed by atoms with van der Waals surface area (Å²) in [6.45, 7) is 2.94. The molecule has 9 heteroatoms. The molecule has 2 fully saturated rings. The Labute approximate surface area is 183 Å². The molecule has 0 bridgehead atoms. The smallest absolute Gasteiger partial charge is 0.315 e. The largest absolute Gasteiger partial charge is 0.497 e. The fourth-order valence-electron chi connectivity index (χ4n) is 3.83. The lowest BCUT2D eigenvalue weighted by atomic mass is 9.96. The second-order valence-electron chi connectivity index (χ2n) is 7.80. The molecule has 3 N–H and O–H groups in total. The minimum atomic E-state index is -1.03. The van der Waals surface area contributed by atoms with Crippen LogP contribution in [0.4, 0.5) is 4.79 Å². The van der Waals surface area contributed by atoms with E-state index in [1.54, 1.807) is 7.11 Å². The number of aliphatic hydroxyl groups excluding tert-OH is 1. The number of urea groups is 1. The number of fused-ring (bicyclic) bond motifs is 1. The molecule has 0 aliphatic carbocycles. The zero-order valence-corrected chi connectivity index (χ0v) is 18.4. The molecule has 2 amide bonds. The second-order valence-corrected chi connectivity index (χ2v) is 7.80. The lowest BCUT2D eigenvalue weighted by Gasteiger charge is -2.47. The van der Waals surface area contributed by atoms with Crippen molar-refractivity contribution in [2.45, 2.75) is 69.5 Å². The van der Waals surface area contributed by atoms with Crippen molar-refractivity contribution in [1.29, 1.82) is 0 Å². The maximum atomic E-state index is 12.3. The van der Waals surface area contributed by atoms with Gasteiger partial charge in [0.2, 0.25) is 0 Å². The van der Waals surface area contributed by atoms with Crippen LogP contribution in [0.15, 0.2) is 24.3 Å². The highest BCUT2D eigenvalue weighted by Crippen LogP contribution is 2.34. The summed E-state index contributed by atoms with van der Waals surface area (Å²) in [5.41, 5.74) is 0.801. The van der Waals surface area contributed by atoms with Gasteiger partial charge in [0.25, 0.3) is 0 Å². The zero-order chi connectivity index (χ0) is 22.2. The summed E-state index contributed by atoms with van der Waals surface area (Å²) >= 11 is 0. The van der Waals surface area contributed by atoms with Crippen molar-refractivity contribution in [1.82, 2.24) is 10.6 Å². The van der Waals surface area contributed by atoms with Crippen molar-refractivity contribution in [3.8, 4) is 5.75 Å². The van der Waals surface area contributed by atoms with E-state index in [0.717, 1.165) is 37.0 Å². The Morgan fingerprint density at radius 2 is 1.94 bits per heavy atom. The van der Waals surface area contributed by atoms with Crippen LogP contribution >= 0.6 is 0 Å². The molecule has 2 aliphatic rings. The van der Waals surface area contributed by atoms with Crippen LogP contribution in [-0.4, -0.2) is 69.2 Å². The number of amides is 2. The van der Waals surface area contributed by atoms with Gasteiger partial charge < -0.3 is 39.4 Å². The number of aliphatic hydroxyl groups is 1. The third kappa shape index (κ3) is 6.08. The normalized spacial score (nSPS) is 30.3. The van der Waals surface area contributed by atoms with E-state index in [4.69, 9.17) is 23.7 Å². The molecule has 0 radical (unpaired) electrons. The number of benzene rings is 1. The standard InChI is InChI=1S/C22H34N2O7/c1-4-5-6-7-12-23-22(26)24-17-18(25)19-16(30-21(17)28-3)13-29-20(31-19)14-8-10-15(27-2)11-9-14/h8-11,16-21,25H,4-7,12-13H2,1-3H3,(H2,23,24,26)/t16-,17-,18-,19-,20?,21+/m1/s1. The molecule has 6 atom stereocenters. The number of carbonyl (C=O) groups excluding carboxylic acids is 1. The van der Waals surface area contributed by atoms with Gasteiger partial charge in [-0.3, -0.25) is 0 Å². The monoisotopic (exact) mass is 438 g/mol. The summed E-state index contributed by atoms with van der Waals surface area (Å²) in [5, 5.41) is 16.6. The lowest BCUT2D eigenvalue weighted by Crippen LogP contribution is -2.67. The van der Waals surface area contributed by atoms with Crippen LogP contribution in [0.25, 0.3) is 0 Å². The minimum absolute atomic E-state index is 0.231. The summed E-state index contributed by atoms with van der Waals surface area (Å²) in [5.74, 6) is 0.728. The van der Waals surface area contributed by atoms with Crippen molar-refractivity contribution in [2.24, 2.45) is 0 Å². The highest BCUT2D eigenvalue weighted by Gasteiger charge is 2.50. The number of hydrogen-bond donors (Lipinski definition) is 3. The van der Waals surface area contributed by atoms with E-state index in [1.807, 2.05) is 24.3 Å². The number of rotatable bonds is 9. The fourth-order valence-corrected chi connectivity index (χ4v) is 3.83. The van der Waals surface area contributed by atoms with Crippen molar-refractivity contribution in [3.63, 3.8) is 0 Å². The predicted molar refractivity (Wildman–Crippen MR) is 113 cm³/mol. The Balaban J connectivity index is 1.59. The molecule has 1 unspecified atom stereocenters. The SMILES string of the molecule is CCCCCCNC(=O)N[C@H]1[C@@H](OC)O[C@@H]2COC(c3ccc(OC)cc3)O[C@H]2[C@@H]1O. The quantitative estimate of drug-likeness (QED) is 0.507. The molecule has 174 valence electrons. The topological polar surface area (TPSA) is 108 Å². The lowest BCUT2D eigenvalue weighted by molar-refractivity contribution is -0.340. The van der Waals surface area contributed by atoms with Crippen molar-refractivity contribution >= 4 is 6.03 Å². The molecule has 3 rings (SSSR count). The maximum Gasteiger partial charge on any atom is 0.315 e. The van der Waals surface area contributed by atoms with Gasteiger partial charge in [-0.05, 0) is 18.6 Å². The van der Waals surface area contributed by atoms with Crippen LogP contribution in [0.3, 0.4) is 0 Å². The van der Waals surface area contributed by atoms with E-state index in [0.29, 0.717) is 6.54 Å². The molecule has 31 heavy (non-hydrogen) atoms. The van der Waals surface area contributed by atoms with Gasteiger partial charge in [0.15, 0.2) is 12.6 Å². The Kier molecular flexibility index (Phi) is 8.91. The fraction of sp³-hybridized carbons (Fsp3) is 0.682. The van der Waals surface area contributed by atoms with Gasteiger partial charge in [0.1, 0.15) is 30.1 Å². The Hall–Kier alpha value is -1.91. The summed E-state index contributed by atoms with van der Waals surface area (Å²) in [6, 6.07) is 6.18. The first-order valence-electron chi connectivity index (χ1n) is 10.9. The molecule has 0 saturated carbocycles. The number of methoxy groups -OCH3 is 2. The van der Waals surface area contributed by atoms with Gasteiger partial charge in [-0.15, -0.1) is 0 Å². The van der Waals surface area contributed by atoms with Crippen LogP contribution in [-0.2, 0) is 18.9 Å². The molecule has 2 saturated heterocycles. The molecule has 1 aromatic rings. The molecule has 2 aliphatic heterocycles. The zero-order valence-electron chi connectivity index (χ0n) is 18.4. The number of carbonyl (C=O) groups is 1. The van der Waals surface area contributed by atoms with Crippen LogP contribution in [0.1, 0.15) is 44.5 Å². The molecule has 1 aromatic carbocycles. The van der Waals surface area contributed by atoms with Crippen LogP contribution in [0.2, 0.25) is 0 Å². The summed E-state index contributed by atoms with van der Waals surface area (Å²) in [4.78, 5) is 12.3. The number of nitrogens with one attached hydrogen (secondary N) is 2. The molecule has 0 aromatic heterocycles. The van der Waals surface area contributed by atoms with E-state index < -0.39 is 36.9 Å². The first-order chi connectivity index (χ1) is 15.1. The maximum absolute atomic E-state index is 12.3. The highest BCUT2D eigenvalue weighted by atomic mass is 16.7. The average Bonchev–Trinajstić information content (AvgIpc) is 2.80. The van der Waals surface area contributed by atoms with Crippen molar-refractivity contribution < 1.29 is 33.6 Å². The van der Waals surface area contributed by atoms with Gasteiger partial charge in [-0.2, -0.15) is 0 Å².